The van der Waals surface area contributed by atoms with Crippen molar-refractivity contribution < 1.29 is 36.2 Å². The van der Waals surface area contributed by atoms with Gasteiger partial charge in [0.25, 0.3) is 0 Å². The van der Waals surface area contributed by atoms with E-state index in [1.807, 2.05) is 0 Å². The number of rotatable bonds is 6. The van der Waals surface area contributed by atoms with Crippen LogP contribution in [0.15, 0.2) is 0 Å². The molecule has 0 saturated carbocycles. The van der Waals surface area contributed by atoms with Crippen LogP contribution >= 0.6 is 0 Å². The number of ether oxygens (including phenoxy) is 1. The monoisotopic (exact) mass is 319 g/mol. The van der Waals surface area contributed by atoms with E-state index in [0.29, 0.717) is 4.31 Å². The topological polar surface area (TPSA) is 83.9 Å². The molecule has 1 fully saturated rings. The standard InChI is InChI=1S/C10H16F3NO5S/c1-19-3-2-4-20(17,18)14-5-7(9(15)16)8(6-14)10(11,12)13/h7-8H,2-6H2,1H3,(H,15,16)/t7-,8-/m1/s1. The molecule has 0 unspecified atom stereocenters. The summed E-state index contributed by atoms with van der Waals surface area (Å²) in [4.78, 5) is 10.9. The minimum atomic E-state index is -4.74. The first-order valence-electron chi connectivity index (χ1n) is 5.86. The van der Waals surface area contributed by atoms with Gasteiger partial charge in [0.15, 0.2) is 0 Å². The highest BCUT2D eigenvalue weighted by molar-refractivity contribution is 7.89. The summed E-state index contributed by atoms with van der Waals surface area (Å²) in [5.74, 6) is -5.93. The molecule has 0 bridgehead atoms. The zero-order chi connectivity index (χ0) is 15.6. The van der Waals surface area contributed by atoms with E-state index in [4.69, 9.17) is 5.11 Å². The van der Waals surface area contributed by atoms with Crippen molar-refractivity contribution in [3.8, 4) is 0 Å². The van der Waals surface area contributed by atoms with Crippen molar-refractivity contribution in [2.45, 2.75) is 12.6 Å². The van der Waals surface area contributed by atoms with Crippen LogP contribution in [0, 0.1) is 11.8 Å². The van der Waals surface area contributed by atoms with Gasteiger partial charge in [0.05, 0.1) is 17.6 Å². The van der Waals surface area contributed by atoms with E-state index >= 15 is 0 Å². The number of nitrogens with zero attached hydrogens (tertiary/aromatic N) is 1. The lowest BCUT2D eigenvalue weighted by atomic mass is 9.96. The molecule has 0 aromatic rings. The fourth-order valence-electron chi connectivity index (χ4n) is 2.09. The third-order valence-corrected chi connectivity index (χ3v) is 5.06. The number of carboxylic acid groups (broad SMARTS) is 1. The molecule has 0 aliphatic carbocycles. The fraction of sp³-hybridized carbons (Fsp3) is 0.900. The van der Waals surface area contributed by atoms with Crippen LogP contribution in [0.4, 0.5) is 13.2 Å². The van der Waals surface area contributed by atoms with Crippen molar-refractivity contribution in [3.63, 3.8) is 0 Å². The Hall–Kier alpha value is -0.870. The maximum absolute atomic E-state index is 12.7. The number of methoxy groups -OCH3 is 1. The Labute approximate surface area is 114 Å². The molecule has 0 radical (unpaired) electrons. The van der Waals surface area contributed by atoms with Gasteiger partial charge < -0.3 is 9.84 Å². The van der Waals surface area contributed by atoms with Crippen LogP contribution in [0.3, 0.4) is 0 Å². The van der Waals surface area contributed by atoms with Gasteiger partial charge in [0.2, 0.25) is 10.0 Å². The van der Waals surface area contributed by atoms with Crippen LogP contribution in [0.25, 0.3) is 0 Å². The largest absolute Gasteiger partial charge is 0.481 e. The SMILES string of the molecule is COCCCS(=O)(=O)N1C[C@@H](C(F)(F)F)[C@H](C(=O)O)C1. The van der Waals surface area contributed by atoms with Crippen LogP contribution in [-0.2, 0) is 19.6 Å². The lowest BCUT2D eigenvalue weighted by Crippen LogP contribution is -2.34. The smallest absolute Gasteiger partial charge is 0.393 e. The van der Waals surface area contributed by atoms with E-state index < -0.39 is 47.1 Å². The molecule has 10 heteroatoms. The second-order valence-electron chi connectivity index (χ2n) is 4.57. The molecule has 20 heavy (non-hydrogen) atoms. The van der Waals surface area contributed by atoms with Crippen LogP contribution in [0.2, 0.25) is 0 Å². The van der Waals surface area contributed by atoms with E-state index in [2.05, 4.69) is 4.74 Å². The molecule has 0 aromatic carbocycles. The molecule has 118 valence electrons. The van der Waals surface area contributed by atoms with Gasteiger partial charge in [0.1, 0.15) is 0 Å². The van der Waals surface area contributed by atoms with E-state index in [9.17, 15) is 26.4 Å². The zero-order valence-corrected chi connectivity index (χ0v) is 11.6. The summed E-state index contributed by atoms with van der Waals surface area (Å²) in [6, 6.07) is 0. The van der Waals surface area contributed by atoms with E-state index in [1.54, 1.807) is 0 Å². The fourth-order valence-corrected chi connectivity index (χ4v) is 3.61. The highest BCUT2D eigenvalue weighted by atomic mass is 32.2. The van der Waals surface area contributed by atoms with Crippen LogP contribution in [0.5, 0.6) is 0 Å². The predicted molar refractivity (Wildman–Crippen MR) is 62.5 cm³/mol. The number of sulfonamides is 1. The third-order valence-electron chi connectivity index (χ3n) is 3.17. The lowest BCUT2D eigenvalue weighted by molar-refractivity contribution is -0.187. The molecule has 1 aliphatic rings. The van der Waals surface area contributed by atoms with Gasteiger partial charge in [-0.3, -0.25) is 4.79 Å². The summed E-state index contributed by atoms with van der Waals surface area (Å²) < 4.78 is 67.2. The first-order valence-corrected chi connectivity index (χ1v) is 7.46. The first kappa shape index (κ1) is 17.2. The van der Waals surface area contributed by atoms with E-state index in [0.717, 1.165) is 0 Å². The molecule has 1 heterocycles. The zero-order valence-electron chi connectivity index (χ0n) is 10.8. The molecule has 6 nitrogen and oxygen atoms in total. The van der Waals surface area contributed by atoms with Crippen molar-refractivity contribution >= 4 is 16.0 Å². The van der Waals surface area contributed by atoms with Gasteiger partial charge in [0, 0.05) is 26.8 Å². The quantitative estimate of drug-likeness (QED) is 0.723. The third kappa shape index (κ3) is 4.06. The Balaban J connectivity index is 2.82. The van der Waals surface area contributed by atoms with E-state index in [1.165, 1.54) is 7.11 Å². The van der Waals surface area contributed by atoms with Crippen molar-refractivity contribution in [2.24, 2.45) is 11.8 Å². The Morgan fingerprint density at radius 2 is 2.00 bits per heavy atom. The Bertz CT molecular complexity index is 450. The number of halogens is 3. The Kier molecular flexibility index (Phi) is 5.39. The lowest BCUT2D eigenvalue weighted by Gasteiger charge is -2.18. The number of hydrogen-bond donors (Lipinski definition) is 1. The number of alkyl halides is 3. The van der Waals surface area contributed by atoms with Crippen molar-refractivity contribution in [1.29, 1.82) is 0 Å². The molecule has 1 saturated heterocycles. The minimum absolute atomic E-state index is 0.143. The Morgan fingerprint density at radius 1 is 1.40 bits per heavy atom. The molecule has 0 amide bonds. The maximum atomic E-state index is 12.7. The van der Waals surface area contributed by atoms with Gasteiger partial charge in [-0.2, -0.15) is 13.2 Å². The summed E-state index contributed by atoms with van der Waals surface area (Å²) >= 11 is 0. The molecule has 1 aliphatic heterocycles. The normalized spacial score (nSPS) is 25.0. The number of aliphatic carboxylic acids is 1. The van der Waals surface area contributed by atoms with Gasteiger partial charge in [-0.15, -0.1) is 0 Å². The summed E-state index contributed by atoms with van der Waals surface area (Å²) in [5, 5.41) is 8.80. The summed E-state index contributed by atoms with van der Waals surface area (Å²) in [5.41, 5.74) is 0. The van der Waals surface area contributed by atoms with Gasteiger partial charge in [-0.05, 0) is 6.42 Å². The van der Waals surface area contributed by atoms with Crippen molar-refractivity contribution in [3.05, 3.63) is 0 Å². The van der Waals surface area contributed by atoms with Crippen molar-refractivity contribution in [2.75, 3.05) is 32.6 Å². The highest BCUT2D eigenvalue weighted by Crippen LogP contribution is 2.38. The second-order valence-corrected chi connectivity index (χ2v) is 6.66. The summed E-state index contributed by atoms with van der Waals surface area (Å²) in [6.45, 7) is -1.32. The van der Waals surface area contributed by atoms with Gasteiger partial charge in [-0.25, -0.2) is 12.7 Å². The molecule has 1 N–H and O–H groups in total. The minimum Gasteiger partial charge on any atom is -0.481 e. The first-order chi connectivity index (χ1) is 9.09. The van der Waals surface area contributed by atoms with Crippen LogP contribution < -0.4 is 0 Å². The molecular weight excluding hydrogens is 303 g/mol. The van der Waals surface area contributed by atoms with Gasteiger partial charge in [-0.1, -0.05) is 0 Å². The molecule has 1 rings (SSSR count). The second kappa shape index (κ2) is 6.27. The molecule has 0 spiro atoms. The molecular formula is C10H16F3NO5S. The van der Waals surface area contributed by atoms with Crippen molar-refractivity contribution in [1.82, 2.24) is 4.31 Å². The Morgan fingerprint density at radius 3 is 2.40 bits per heavy atom. The summed E-state index contributed by atoms with van der Waals surface area (Å²) in [6.07, 6.45) is -4.59. The average molecular weight is 319 g/mol. The van der Waals surface area contributed by atoms with E-state index in [-0.39, 0.29) is 18.8 Å². The molecule has 2 atom stereocenters. The number of carbonyl (C=O) groups is 1. The highest BCUT2D eigenvalue weighted by Gasteiger charge is 2.54. The van der Waals surface area contributed by atoms with Crippen LogP contribution in [-0.4, -0.2) is 62.5 Å². The van der Waals surface area contributed by atoms with Crippen LogP contribution in [0.1, 0.15) is 6.42 Å². The van der Waals surface area contributed by atoms with Gasteiger partial charge >= 0.3 is 12.1 Å². The average Bonchev–Trinajstić information content (AvgIpc) is 2.74. The summed E-state index contributed by atoms with van der Waals surface area (Å²) in [7, 11) is -2.52. The molecule has 0 aromatic heterocycles. The predicted octanol–water partition coefficient (Wildman–Crippen LogP) is 0.548. The number of carboxylic acids is 1. The maximum Gasteiger partial charge on any atom is 0.393 e. The number of hydrogen-bond acceptors (Lipinski definition) is 4.